The molecule has 0 saturated carbocycles. The molecule has 0 radical (unpaired) electrons. The summed E-state index contributed by atoms with van der Waals surface area (Å²) in [6, 6.07) is 17.2. The number of methoxy groups -OCH3 is 1. The zero-order chi connectivity index (χ0) is 19.1. The number of benzene rings is 2. The molecule has 138 valence electrons. The third-order valence-electron chi connectivity index (χ3n) is 4.02. The highest BCUT2D eigenvalue weighted by Crippen LogP contribution is 2.18. The number of hydrogen-bond acceptors (Lipinski definition) is 4. The first-order valence-electron chi connectivity index (χ1n) is 8.54. The average Bonchev–Trinajstić information content (AvgIpc) is 2.70. The van der Waals surface area contributed by atoms with Crippen molar-refractivity contribution >= 4 is 17.4 Å². The molecule has 6 heteroatoms. The van der Waals surface area contributed by atoms with Gasteiger partial charge in [-0.2, -0.15) is 0 Å². The molecule has 27 heavy (non-hydrogen) atoms. The van der Waals surface area contributed by atoms with Crippen LogP contribution >= 0.6 is 0 Å². The van der Waals surface area contributed by atoms with Crippen LogP contribution in [0.25, 0.3) is 0 Å². The number of aromatic nitrogens is 1. The summed E-state index contributed by atoms with van der Waals surface area (Å²) < 4.78 is 18.9. The molecule has 0 aliphatic rings. The van der Waals surface area contributed by atoms with Crippen molar-refractivity contribution in [2.24, 2.45) is 0 Å². The Kier molecular flexibility index (Phi) is 5.99. The number of ether oxygens (including phenoxy) is 1. The number of nitrogens with one attached hydrogen (secondary N) is 2. The van der Waals surface area contributed by atoms with Gasteiger partial charge in [0.2, 0.25) is 0 Å². The van der Waals surface area contributed by atoms with Gasteiger partial charge in [-0.05, 0) is 48.4 Å². The van der Waals surface area contributed by atoms with Crippen molar-refractivity contribution < 1.29 is 13.9 Å². The van der Waals surface area contributed by atoms with Crippen LogP contribution in [0.2, 0.25) is 0 Å². The van der Waals surface area contributed by atoms with E-state index in [-0.39, 0.29) is 11.7 Å². The maximum absolute atomic E-state index is 13.7. The quantitative estimate of drug-likeness (QED) is 0.666. The summed E-state index contributed by atoms with van der Waals surface area (Å²) in [5.41, 5.74) is 1.87. The van der Waals surface area contributed by atoms with Gasteiger partial charge in [-0.1, -0.05) is 24.3 Å². The van der Waals surface area contributed by atoms with Gasteiger partial charge in [0.15, 0.2) is 0 Å². The highest BCUT2D eigenvalue weighted by molar-refractivity contribution is 5.94. The average molecular weight is 365 g/mol. The Bertz CT molecular complexity index is 913. The summed E-state index contributed by atoms with van der Waals surface area (Å²) in [6.45, 7) is 0.504. The van der Waals surface area contributed by atoms with E-state index in [4.69, 9.17) is 4.74 Å². The summed E-state index contributed by atoms with van der Waals surface area (Å²) in [5.74, 6) is 0.619. The molecule has 2 aromatic carbocycles. The van der Waals surface area contributed by atoms with Gasteiger partial charge in [-0.3, -0.25) is 4.79 Å². The summed E-state index contributed by atoms with van der Waals surface area (Å²) in [4.78, 5) is 16.5. The minimum atomic E-state index is -0.381. The molecule has 5 nitrogen and oxygen atoms in total. The number of hydrogen-bond donors (Lipinski definition) is 2. The van der Waals surface area contributed by atoms with Gasteiger partial charge >= 0.3 is 0 Å². The van der Waals surface area contributed by atoms with Crippen molar-refractivity contribution in [2.45, 2.75) is 6.42 Å². The molecule has 0 bridgehead atoms. The summed E-state index contributed by atoms with van der Waals surface area (Å²) in [6.07, 6.45) is 2.22. The van der Waals surface area contributed by atoms with Crippen LogP contribution in [0.5, 0.6) is 5.75 Å². The van der Waals surface area contributed by atoms with E-state index in [9.17, 15) is 9.18 Å². The molecule has 1 aromatic heterocycles. The van der Waals surface area contributed by atoms with Crippen LogP contribution in [0, 0.1) is 5.82 Å². The van der Waals surface area contributed by atoms with Crippen molar-refractivity contribution in [2.75, 3.05) is 19.0 Å². The lowest BCUT2D eigenvalue weighted by molar-refractivity contribution is 0.0954. The Morgan fingerprint density at radius 2 is 1.89 bits per heavy atom. The minimum absolute atomic E-state index is 0.206. The molecule has 0 saturated heterocycles. The summed E-state index contributed by atoms with van der Waals surface area (Å²) in [5, 5.41) is 5.76. The second-order valence-electron chi connectivity index (χ2n) is 5.89. The SMILES string of the molecule is COc1ccc(CCNC(=O)c2ccnc(Nc3ccccc3F)c2)cc1. The van der Waals surface area contributed by atoms with E-state index in [0.29, 0.717) is 30.0 Å². The van der Waals surface area contributed by atoms with Crippen LogP contribution < -0.4 is 15.4 Å². The van der Waals surface area contributed by atoms with E-state index in [1.165, 1.54) is 12.3 Å². The monoisotopic (exact) mass is 365 g/mol. The number of anilines is 2. The fourth-order valence-corrected chi connectivity index (χ4v) is 2.56. The molecule has 0 spiro atoms. The van der Waals surface area contributed by atoms with E-state index in [0.717, 1.165) is 11.3 Å². The third-order valence-corrected chi connectivity index (χ3v) is 4.02. The highest BCUT2D eigenvalue weighted by Gasteiger charge is 2.08. The lowest BCUT2D eigenvalue weighted by Gasteiger charge is -2.09. The predicted molar refractivity (Wildman–Crippen MR) is 103 cm³/mol. The Balaban J connectivity index is 1.57. The van der Waals surface area contributed by atoms with Crippen LogP contribution in [0.4, 0.5) is 15.9 Å². The first kappa shape index (κ1) is 18.4. The summed E-state index contributed by atoms with van der Waals surface area (Å²) >= 11 is 0. The molecule has 1 amide bonds. The van der Waals surface area contributed by atoms with Crippen molar-refractivity contribution in [1.29, 1.82) is 0 Å². The van der Waals surface area contributed by atoms with E-state index in [1.54, 1.807) is 37.4 Å². The van der Waals surface area contributed by atoms with E-state index in [1.807, 2.05) is 24.3 Å². The van der Waals surface area contributed by atoms with E-state index in [2.05, 4.69) is 15.6 Å². The fraction of sp³-hybridized carbons (Fsp3) is 0.143. The number of rotatable bonds is 7. The molecular formula is C21H20FN3O2. The number of halogens is 1. The van der Waals surface area contributed by atoms with Gasteiger partial charge in [0.25, 0.3) is 5.91 Å². The fourth-order valence-electron chi connectivity index (χ4n) is 2.56. The molecular weight excluding hydrogens is 345 g/mol. The topological polar surface area (TPSA) is 63.2 Å². The van der Waals surface area contributed by atoms with Crippen LogP contribution in [0.1, 0.15) is 15.9 Å². The second-order valence-corrected chi connectivity index (χ2v) is 5.89. The number of para-hydroxylation sites is 1. The van der Waals surface area contributed by atoms with E-state index < -0.39 is 0 Å². The number of amides is 1. The minimum Gasteiger partial charge on any atom is -0.497 e. The molecule has 2 N–H and O–H groups in total. The summed E-state index contributed by atoms with van der Waals surface area (Å²) in [7, 11) is 1.62. The first-order chi connectivity index (χ1) is 13.2. The van der Waals surface area contributed by atoms with Crippen LogP contribution in [0.3, 0.4) is 0 Å². The molecule has 3 rings (SSSR count). The Morgan fingerprint density at radius 3 is 2.63 bits per heavy atom. The van der Waals surface area contributed by atoms with Crippen LogP contribution in [0.15, 0.2) is 66.9 Å². The largest absolute Gasteiger partial charge is 0.497 e. The number of pyridine rings is 1. The zero-order valence-electron chi connectivity index (χ0n) is 14.9. The Morgan fingerprint density at radius 1 is 1.11 bits per heavy atom. The van der Waals surface area contributed by atoms with Gasteiger partial charge in [0.05, 0.1) is 12.8 Å². The molecule has 0 aliphatic carbocycles. The van der Waals surface area contributed by atoms with Crippen molar-refractivity contribution in [3.63, 3.8) is 0 Å². The van der Waals surface area contributed by atoms with Crippen LogP contribution in [-0.2, 0) is 6.42 Å². The standard InChI is InChI=1S/C21H20FN3O2/c1-27-17-8-6-15(7-9-17)10-12-24-21(26)16-11-13-23-20(14-16)25-19-5-3-2-4-18(19)22/h2-9,11,13-14H,10,12H2,1H3,(H,23,25)(H,24,26). The molecule has 0 unspecified atom stereocenters. The molecule has 1 heterocycles. The van der Waals surface area contributed by atoms with Crippen molar-refractivity contribution in [3.05, 3.63) is 83.8 Å². The lowest BCUT2D eigenvalue weighted by Crippen LogP contribution is -2.25. The van der Waals surface area contributed by atoms with Crippen molar-refractivity contribution in [1.82, 2.24) is 10.3 Å². The maximum Gasteiger partial charge on any atom is 0.251 e. The number of carbonyl (C=O) groups is 1. The number of nitrogens with zero attached hydrogens (tertiary/aromatic N) is 1. The predicted octanol–water partition coefficient (Wildman–Crippen LogP) is 3.95. The van der Waals surface area contributed by atoms with Gasteiger partial charge in [0.1, 0.15) is 17.4 Å². The smallest absolute Gasteiger partial charge is 0.251 e. The second kappa shape index (κ2) is 8.80. The molecule has 0 atom stereocenters. The normalized spacial score (nSPS) is 10.3. The van der Waals surface area contributed by atoms with Gasteiger partial charge in [-0.15, -0.1) is 0 Å². The zero-order valence-corrected chi connectivity index (χ0v) is 14.9. The van der Waals surface area contributed by atoms with Gasteiger partial charge in [-0.25, -0.2) is 9.37 Å². The van der Waals surface area contributed by atoms with E-state index >= 15 is 0 Å². The third kappa shape index (κ3) is 5.04. The Hall–Kier alpha value is -3.41. The first-order valence-corrected chi connectivity index (χ1v) is 8.54. The number of carbonyl (C=O) groups excluding carboxylic acids is 1. The van der Waals surface area contributed by atoms with Gasteiger partial charge in [0, 0.05) is 18.3 Å². The maximum atomic E-state index is 13.7. The highest BCUT2D eigenvalue weighted by atomic mass is 19.1. The molecule has 0 fully saturated rings. The molecule has 0 aliphatic heterocycles. The van der Waals surface area contributed by atoms with Crippen molar-refractivity contribution in [3.8, 4) is 5.75 Å². The van der Waals surface area contributed by atoms with Crippen LogP contribution in [-0.4, -0.2) is 24.5 Å². The lowest BCUT2D eigenvalue weighted by atomic mass is 10.1. The molecule has 3 aromatic rings. The van der Waals surface area contributed by atoms with Gasteiger partial charge < -0.3 is 15.4 Å². The Labute approximate surface area is 157 Å².